The lowest BCUT2D eigenvalue weighted by molar-refractivity contribution is -0.116. The van der Waals surface area contributed by atoms with Crippen LogP contribution < -0.4 is 9.62 Å². The lowest BCUT2D eigenvalue weighted by atomic mass is 10.2. The molecule has 2 rings (SSSR count). The van der Waals surface area contributed by atoms with E-state index in [0.717, 1.165) is 16.1 Å². The standard InChI is InChI=1S/C19H22N2O5S/c1-13-8-10-17(11-9-13)21(27(4,24)25)14(2)18(22)20-16-7-5-6-15(12-16)19(23)26-3/h5-12,14H,1-4H3,(H,20,22)/t14-/m0/s1. The molecule has 0 aliphatic heterocycles. The Kier molecular flexibility index (Phi) is 6.22. The Labute approximate surface area is 159 Å². The van der Waals surface area contributed by atoms with Gasteiger partial charge in [-0.15, -0.1) is 0 Å². The van der Waals surface area contributed by atoms with E-state index >= 15 is 0 Å². The Hall–Kier alpha value is -2.87. The van der Waals surface area contributed by atoms with Gasteiger partial charge in [0.05, 0.1) is 24.6 Å². The molecule has 8 heteroatoms. The predicted molar refractivity (Wildman–Crippen MR) is 104 cm³/mol. The Balaban J connectivity index is 2.28. The highest BCUT2D eigenvalue weighted by molar-refractivity contribution is 7.92. The number of carbonyl (C=O) groups excluding carboxylic acids is 2. The zero-order chi connectivity index (χ0) is 20.2. The third-order valence-electron chi connectivity index (χ3n) is 3.93. The first kappa shape index (κ1) is 20.4. The number of sulfonamides is 1. The van der Waals surface area contributed by atoms with Crippen molar-refractivity contribution in [2.24, 2.45) is 0 Å². The minimum Gasteiger partial charge on any atom is -0.465 e. The highest BCUT2D eigenvalue weighted by atomic mass is 32.2. The van der Waals surface area contributed by atoms with Crippen molar-refractivity contribution in [2.75, 3.05) is 23.0 Å². The number of hydrogen-bond donors (Lipinski definition) is 1. The molecule has 1 N–H and O–H groups in total. The van der Waals surface area contributed by atoms with Crippen LogP contribution in [0.1, 0.15) is 22.8 Å². The second-order valence-corrected chi connectivity index (χ2v) is 7.99. The number of rotatable bonds is 6. The summed E-state index contributed by atoms with van der Waals surface area (Å²) >= 11 is 0. The molecule has 1 atom stereocenters. The Bertz CT molecular complexity index is 939. The van der Waals surface area contributed by atoms with Crippen molar-refractivity contribution in [3.8, 4) is 0 Å². The molecule has 0 spiro atoms. The number of aryl methyl sites for hydroxylation is 1. The molecule has 7 nitrogen and oxygen atoms in total. The van der Waals surface area contributed by atoms with Crippen LogP contribution in [0, 0.1) is 6.92 Å². The van der Waals surface area contributed by atoms with Gasteiger partial charge in [-0.25, -0.2) is 13.2 Å². The quantitative estimate of drug-likeness (QED) is 0.765. The lowest BCUT2D eigenvalue weighted by Crippen LogP contribution is -2.45. The van der Waals surface area contributed by atoms with Crippen LogP contribution in [-0.4, -0.2) is 39.7 Å². The second kappa shape index (κ2) is 8.22. The summed E-state index contributed by atoms with van der Waals surface area (Å²) in [6.45, 7) is 3.39. The molecular formula is C19H22N2O5S. The fraction of sp³-hybridized carbons (Fsp3) is 0.263. The Morgan fingerprint density at radius 3 is 2.30 bits per heavy atom. The van der Waals surface area contributed by atoms with E-state index in [1.165, 1.54) is 20.1 Å². The number of nitrogens with zero attached hydrogens (tertiary/aromatic N) is 1. The molecule has 27 heavy (non-hydrogen) atoms. The van der Waals surface area contributed by atoms with Gasteiger partial charge in [0, 0.05) is 5.69 Å². The summed E-state index contributed by atoms with van der Waals surface area (Å²) in [5.74, 6) is -1.06. The first-order valence-corrected chi connectivity index (χ1v) is 10.0. The van der Waals surface area contributed by atoms with Crippen molar-refractivity contribution in [1.29, 1.82) is 0 Å². The van der Waals surface area contributed by atoms with Gasteiger partial charge in [0.15, 0.2) is 0 Å². The first-order valence-electron chi connectivity index (χ1n) is 8.19. The van der Waals surface area contributed by atoms with Gasteiger partial charge in [-0.05, 0) is 44.2 Å². The minimum atomic E-state index is -3.69. The molecule has 0 aliphatic carbocycles. The smallest absolute Gasteiger partial charge is 0.337 e. The van der Waals surface area contributed by atoms with Gasteiger partial charge in [-0.3, -0.25) is 9.10 Å². The number of ether oxygens (including phenoxy) is 1. The summed E-state index contributed by atoms with van der Waals surface area (Å²) < 4.78 is 30.3. The number of methoxy groups -OCH3 is 1. The molecule has 0 fully saturated rings. The number of hydrogen-bond acceptors (Lipinski definition) is 5. The molecule has 0 aliphatic rings. The van der Waals surface area contributed by atoms with Gasteiger partial charge in [-0.2, -0.15) is 0 Å². The number of benzene rings is 2. The molecule has 1 amide bonds. The molecule has 0 heterocycles. The van der Waals surface area contributed by atoms with E-state index in [2.05, 4.69) is 10.1 Å². The molecule has 0 aromatic heterocycles. The second-order valence-electron chi connectivity index (χ2n) is 6.13. The SMILES string of the molecule is COC(=O)c1cccc(NC(=O)[C@H](C)N(c2ccc(C)cc2)S(C)(=O)=O)c1. The van der Waals surface area contributed by atoms with Crippen molar-refractivity contribution >= 4 is 33.3 Å². The fourth-order valence-corrected chi connectivity index (χ4v) is 3.76. The van der Waals surface area contributed by atoms with Crippen LogP contribution in [0.15, 0.2) is 48.5 Å². The molecule has 144 valence electrons. The lowest BCUT2D eigenvalue weighted by Gasteiger charge is -2.28. The van der Waals surface area contributed by atoms with Gasteiger partial charge in [0.25, 0.3) is 0 Å². The summed E-state index contributed by atoms with van der Waals surface area (Å²) in [5.41, 5.74) is 2.02. The van der Waals surface area contributed by atoms with Crippen molar-refractivity contribution < 1.29 is 22.7 Å². The van der Waals surface area contributed by atoms with Crippen LogP contribution in [-0.2, 0) is 19.6 Å². The molecule has 0 unspecified atom stereocenters. The summed E-state index contributed by atoms with van der Waals surface area (Å²) in [6, 6.07) is 12.1. The Morgan fingerprint density at radius 1 is 1.11 bits per heavy atom. The monoisotopic (exact) mass is 390 g/mol. The van der Waals surface area contributed by atoms with Crippen molar-refractivity contribution in [2.45, 2.75) is 19.9 Å². The van der Waals surface area contributed by atoms with Crippen LogP contribution >= 0.6 is 0 Å². The first-order chi connectivity index (χ1) is 12.6. The molecule has 2 aromatic rings. The number of nitrogens with one attached hydrogen (secondary N) is 1. The van der Waals surface area contributed by atoms with Gasteiger partial charge < -0.3 is 10.1 Å². The third kappa shape index (κ3) is 5.07. The highest BCUT2D eigenvalue weighted by Gasteiger charge is 2.29. The zero-order valence-electron chi connectivity index (χ0n) is 15.6. The summed E-state index contributed by atoms with van der Waals surface area (Å²) in [4.78, 5) is 24.3. The van der Waals surface area contributed by atoms with Crippen LogP contribution in [0.3, 0.4) is 0 Å². The molecule has 0 saturated carbocycles. The van der Waals surface area contributed by atoms with Crippen LogP contribution in [0.25, 0.3) is 0 Å². The van der Waals surface area contributed by atoms with Crippen LogP contribution in [0.2, 0.25) is 0 Å². The topological polar surface area (TPSA) is 92.8 Å². The van der Waals surface area contributed by atoms with Crippen LogP contribution in [0.4, 0.5) is 11.4 Å². The molecule has 0 bridgehead atoms. The maximum absolute atomic E-state index is 12.7. The van der Waals surface area contributed by atoms with Crippen molar-refractivity contribution in [1.82, 2.24) is 0 Å². The Morgan fingerprint density at radius 2 is 1.74 bits per heavy atom. The number of anilines is 2. The highest BCUT2D eigenvalue weighted by Crippen LogP contribution is 2.22. The van der Waals surface area contributed by atoms with Gasteiger partial charge >= 0.3 is 5.97 Å². The van der Waals surface area contributed by atoms with E-state index in [-0.39, 0.29) is 5.56 Å². The molecular weight excluding hydrogens is 368 g/mol. The normalized spacial score (nSPS) is 12.1. The molecule has 0 saturated heterocycles. The van der Waals surface area contributed by atoms with Crippen molar-refractivity contribution in [3.05, 3.63) is 59.7 Å². The summed E-state index contributed by atoms with van der Waals surface area (Å²) in [6.07, 6.45) is 1.05. The predicted octanol–water partition coefficient (Wildman–Crippen LogP) is 2.57. The van der Waals surface area contributed by atoms with Crippen molar-refractivity contribution in [3.63, 3.8) is 0 Å². The molecule has 2 aromatic carbocycles. The van der Waals surface area contributed by atoms with E-state index in [1.54, 1.807) is 42.5 Å². The van der Waals surface area contributed by atoms with E-state index in [0.29, 0.717) is 11.4 Å². The molecule has 0 radical (unpaired) electrons. The summed E-state index contributed by atoms with van der Waals surface area (Å²) in [5, 5.41) is 2.64. The number of carbonyl (C=O) groups is 2. The van der Waals surface area contributed by atoms with Gasteiger partial charge in [0.1, 0.15) is 6.04 Å². The number of esters is 1. The van der Waals surface area contributed by atoms with E-state index in [1.807, 2.05) is 6.92 Å². The van der Waals surface area contributed by atoms with E-state index < -0.39 is 27.9 Å². The number of amides is 1. The van der Waals surface area contributed by atoms with Gasteiger partial charge in [0.2, 0.25) is 15.9 Å². The van der Waals surface area contributed by atoms with Gasteiger partial charge in [-0.1, -0.05) is 23.8 Å². The third-order valence-corrected chi connectivity index (χ3v) is 5.17. The average molecular weight is 390 g/mol. The minimum absolute atomic E-state index is 0.279. The summed E-state index contributed by atoms with van der Waals surface area (Å²) in [7, 11) is -2.43. The zero-order valence-corrected chi connectivity index (χ0v) is 16.4. The fourth-order valence-electron chi connectivity index (χ4n) is 2.59. The van der Waals surface area contributed by atoms with E-state index in [9.17, 15) is 18.0 Å². The maximum atomic E-state index is 12.7. The largest absolute Gasteiger partial charge is 0.465 e. The van der Waals surface area contributed by atoms with E-state index in [4.69, 9.17) is 0 Å². The van der Waals surface area contributed by atoms with Crippen LogP contribution in [0.5, 0.6) is 0 Å². The average Bonchev–Trinajstić information content (AvgIpc) is 2.61. The maximum Gasteiger partial charge on any atom is 0.337 e.